The summed E-state index contributed by atoms with van der Waals surface area (Å²) in [7, 11) is 2.16. The topological polar surface area (TPSA) is 31.2 Å². The Kier molecular flexibility index (Phi) is 3.15. The highest BCUT2D eigenvalue weighted by Gasteiger charge is 2.49. The number of hydrogen-bond donors (Lipinski definition) is 0. The van der Waals surface area contributed by atoms with E-state index in [9.17, 15) is 0 Å². The number of para-hydroxylation sites is 2. The fraction of sp³-hybridized carbons (Fsp3) is 0.368. The van der Waals surface area contributed by atoms with Gasteiger partial charge in [-0.1, -0.05) is 48.5 Å². The van der Waals surface area contributed by atoms with Crippen LogP contribution in [0.15, 0.2) is 64.9 Å². The van der Waals surface area contributed by atoms with E-state index in [1.54, 1.807) is 0 Å². The number of likely N-dealkylation sites (N-methyl/N-ethyl adjacent to an activating group) is 1. The summed E-state index contributed by atoms with van der Waals surface area (Å²) in [6.45, 7) is 4.52. The monoisotopic (exact) mass is 306 g/mol. The van der Waals surface area contributed by atoms with E-state index < -0.39 is 0 Å². The van der Waals surface area contributed by atoms with E-state index in [1.807, 2.05) is 18.2 Å². The highest BCUT2D eigenvalue weighted by Crippen LogP contribution is 2.46. The van der Waals surface area contributed by atoms with Crippen molar-refractivity contribution in [3.63, 3.8) is 0 Å². The van der Waals surface area contributed by atoms with E-state index in [4.69, 9.17) is 5.11 Å². The molecule has 0 spiro atoms. The molecule has 118 valence electrons. The molecule has 2 heterocycles. The van der Waals surface area contributed by atoms with Crippen LogP contribution in [0.3, 0.4) is 0 Å². The summed E-state index contributed by atoms with van der Waals surface area (Å²) < 4.78 is 0. The zero-order valence-corrected chi connectivity index (χ0v) is 13.8. The highest BCUT2D eigenvalue weighted by molar-refractivity contribution is 5.61. The summed E-state index contributed by atoms with van der Waals surface area (Å²) in [4.78, 5) is 2.34. The molecule has 4 rings (SSSR count). The first-order valence-corrected chi connectivity index (χ1v) is 8.19. The lowest BCUT2D eigenvalue weighted by atomic mass is 9.86. The molecule has 2 aromatic carbocycles. The van der Waals surface area contributed by atoms with E-state index in [2.05, 4.69) is 72.4 Å². The van der Waals surface area contributed by atoms with Crippen molar-refractivity contribution in [1.29, 1.82) is 0 Å². The van der Waals surface area contributed by atoms with Crippen LogP contribution in [0.4, 0.5) is 11.4 Å². The molecule has 4 heteroatoms. The van der Waals surface area contributed by atoms with E-state index in [-0.39, 0.29) is 11.7 Å². The summed E-state index contributed by atoms with van der Waals surface area (Å²) in [6, 6.07) is 19.0. The van der Waals surface area contributed by atoms with Crippen LogP contribution in [0.1, 0.15) is 31.7 Å². The molecule has 23 heavy (non-hydrogen) atoms. The maximum absolute atomic E-state index is 4.70. The average molecular weight is 306 g/mol. The molecule has 0 fully saturated rings. The van der Waals surface area contributed by atoms with Crippen LogP contribution in [0.25, 0.3) is 0 Å². The van der Waals surface area contributed by atoms with Gasteiger partial charge in [-0.15, -0.1) is 0 Å². The van der Waals surface area contributed by atoms with Gasteiger partial charge in [0.2, 0.25) is 0 Å². The van der Waals surface area contributed by atoms with Gasteiger partial charge in [-0.3, -0.25) is 0 Å². The van der Waals surface area contributed by atoms with Crippen LogP contribution in [-0.2, 0) is 0 Å². The van der Waals surface area contributed by atoms with Crippen molar-refractivity contribution in [2.75, 3.05) is 17.0 Å². The summed E-state index contributed by atoms with van der Waals surface area (Å²) >= 11 is 0. The predicted octanol–water partition coefficient (Wildman–Crippen LogP) is 4.60. The van der Waals surface area contributed by atoms with Gasteiger partial charge in [-0.25, -0.2) is 5.01 Å². The number of nitrogens with zero attached hydrogens (tertiary/aromatic N) is 4. The fourth-order valence-corrected chi connectivity index (χ4v) is 4.10. The van der Waals surface area contributed by atoms with Gasteiger partial charge in [-0.2, -0.15) is 5.11 Å². The molecule has 0 aliphatic carbocycles. The van der Waals surface area contributed by atoms with Gasteiger partial charge >= 0.3 is 0 Å². The van der Waals surface area contributed by atoms with Crippen molar-refractivity contribution in [1.82, 2.24) is 0 Å². The Bertz CT molecular complexity index is 742. The Hall–Kier alpha value is -2.36. The predicted molar refractivity (Wildman–Crippen MR) is 93.8 cm³/mol. The maximum atomic E-state index is 4.70. The molecule has 0 saturated carbocycles. The Morgan fingerprint density at radius 1 is 1.04 bits per heavy atom. The molecular formula is C19H22N4. The lowest BCUT2D eigenvalue weighted by molar-refractivity contribution is 0.362. The minimum atomic E-state index is -0.219. The van der Waals surface area contributed by atoms with Crippen LogP contribution >= 0.6 is 0 Å². The normalized spacial score (nSPS) is 29.2. The van der Waals surface area contributed by atoms with Crippen LogP contribution in [0, 0.1) is 0 Å². The first-order chi connectivity index (χ1) is 11.1. The second kappa shape index (κ2) is 5.08. The Morgan fingerprint density at radius 3 is 2.52 bits per heavy atom. The number of anilines is 2. The minimum absolute atomic E-state index is 0.0935. The second-order valence-corrected chi connectivity index (χ2v) is 6.88. The molecule has 2 aromatic rings. The second-order valence-electron chi connectivity index (χ2n) is 6.88. The minimum Gasteiger partial charge on any atom is -0.350 e. The van der Waals surface area contributed by atoms with Crippen molar-refractivity contribution in [2.24, 2.45) is 10.3 Å². The third-order valence-electron chi connectivity index (χ3n) is 5.11. The van der Waals surface area contributed by atoms with Crippen LogP contribution in [0.5, 0.6) is 0 Å². The zero-order chi connectivity index (χ0) is 16.0. The van der Waals surface area contributed by atoms with E-state index in [0.29, 0.717) is 5.92 Å². The van der Waals surface area contributed by atoms with Gasteiger partial charge in [0.25, 0.3) is 0 Å². The Balaban J connectivity index is 1.83. The third kappa shape index (κ3) is 2.12. The van der Waals surface area contributed by atoms with Crippen molar-refractivity contribution >= 4 is 11.4 Å². The molecule has 4 nitrogen and oxygen atoms in total. The molecule has 0 bridgehead atoms. The van der Waals surface area contributed by atoms with E-state index in [1.165, 1.54) is 11.3 Å². The fourth-order valence-electron chi connectivity index (χ4n) is 4.10. The van der Waals surface area contributed by atoms with Gasteiger partial charge < -0.3 is 4.90 Å². The summed E-state index contributed by atoms with van der Waals surface area (Å²) in [6.07, 6.45) is 1.09. The van der Waals surface area contributed by atoms with Gasteiger partial charge in [0.05, 0.1) is 5.69 Å². The molecule has 0 aromatic heterocycles. The molecule has 3 atom stereocenters. The quantitative estimate of drug-likeness (QED) is 0.771. The van der Waals surface area contributed by atoms with Crippen LogP contribution in [-0.4, -0.2) is 18.8 Å². The molecule has 2 aliphatic rings. The number of hydrogen-bond acceptors (Lipinski definition) is 4. The molecule has 0 radical (unpaired) electrons. The molecule has 0 saturated heterocycles. The van der Waals surface area contributed by atoms with E-state index in [0.717, 1.165) is 12.1 Å². The maximum Gasteiger partial charge on any atom is 0.152 e. The standard InChI is InChI=1S/C19H22N4/c1-14-13-19(2)18(22(3)17-12-8-7-11-16(14)17)23(21-20-19)15-9-5-4-6-10-15/h4-12,14,18H,13H2,1-3H3/t14-,18-,19-/m0/s1. The first kappa shape index (κ1) is 14.2. The molecule has 0 unspecified atom stereocenters. The van der Waals surface area contributed by atoms with Crippen molar-refractivity contribution in [3.05, 3.63) is 60.2 Å². The SMILES string of the molecule is C[C@H]1C[C@]2(C)N=NN(c3ccccc3)[C@@H]2N(C)c2ccccc21. The Morgan fingerprint density at radius 2 is 1.74 bits per heavy atom. The molecular weight excluding hydrogens is 284 g/mol. The lowest BCUT2D eigenvalue weighted by Crippen LogP contribution is -2.53. The first-order valence-electron chi connectivity index (χ1n) is 8.19. The third-order valence-corrected chi connectivity index (χ3v) is 5.11. The zero-order valence-electron chi connectivity index (χ0n) is 13.8. The van der Waals surface area contributed by atoms with E-state index >= 15 is 0 Å². The number of fused-ring (bicyclic) bond motifs is 2. The molecule has 0 N–H and O–H groups in total. The molecule has 2 aliphatic heterocycles. The average Bonchev–Trinajstić information content (AvgIpc) is 2.88. The van der Waals surface area contributed by atoms with Crippen molar-refractivity contribution < 1.29 is 0 Å². The van der Waals surface area contributed by atoms with Gasteiger partial charge in [0.15, 0.2) is 6.17 Å². The van der Waals surface area contributed by atoms with Crippen LogP contribution in [0.2, 0.25) is 0 Å². The summed E-state index contributed by atoms with van der Waals surface area (Å²) in [5.74, 6) is 0.457. The van der Waals surface area contributed by atoms with Gasteiger partial charge in [0, 0.05) is 12.7 Å². The lowest BCUT2D eigenvalue weighted by Gasteiger charge is -2.38. The van der Waals surface area contributed by atoms with Crippen molar-refractivity contribution in [2.45, 2.75) is 37.9 Å². The van der Waals surface area contributed by atoms with Gasteiger partial charge in [0.1, 0.15) is 5.54 Å². The summed E-state index contributed by atoms with van der Waals surface area (Å²) in [5, 5.41) is 11.3. The molecule has 0 amide bonds. The van der Waals surface area contributed by atoms with Crippen molar-refractivity contribution in [3.8, 4) is 0 Å². The smallest absolute Gasteiger partial charge is 0.152 e. The van der Waals surface area contributed by atoms with Gasteiger partial charge in [-0.05, 0) is 43.0 Å². The summed E-state index contributed by atoms with van der Waals surface area (Å²) in [5.41, 5.74) is 3.54. The number of benzene rings is 2. The van der Waals surface area contributed by atoms with Crippen LogP contribution < -0.4 is 9.91 Å². The Labute approximate surface area is 137 Å². The highest BCUT2D eigenvalue weighted by atomic mass is 15.7. The largest absolute Gasteiger partial charge is 0.350 e. The number of rotatable bonds is 1.